The Morgan fingerprint density at radius 2 is 1.61 bits per heavy atom. The quantitative estimate of drug-likeness (QED) is 0.378. The van der Waals surface area contributed by atoms with Gasteiger partial charge in [-0.3, -0.25) is 4.79 Å². The molecule has 5 nitrogen and oxygen atoms in total. The Morgan fingerprint density at radius 1 is 1.03 bits per heavy atom. The first-order valence-electron chi connectivity index (χ1n) is 12.6. The second-order valence-corrected chi connectivity index (χ2v) is 17.3. The van der Waals surface area contributed by atoms with Crippen LogP contribution in [0.5, 0.6) is 0 Å². The number of hydrogen-bond acceptors (Lipinski definition) is 5. The fourth-order valence-electron chi connectivity index (χ4n) is 8.18. The predicted molar refractivity (Wildman–Crippen MR) is 123 cm³/mol. The van der Waals surface area contributed by atoms with Crippen molar-refractivity contribution in [1.82, 2.24) is 0 Å². The zero-order chi connectivity index (χ0) is 22.8. The van der Waals surface area contributed by atoms with Gasteiger partial charge in [-0.2, -0.15) is 0 Å². The van der Waals surface area contributed by atoms with Crippen LogP contribution < -0.4 is 0 Å². The lowest BCUT2D eigenvalue weighted by Crippen LogP contribution is -2.66. The molecule has 0 N–H and O–H groups in total. The number of hydrogen-bond donors (Lipinski definition) is 0. The smallest absolute Gasteiger partial charge is 0.200 e. The Balaban J connectivity index is 1.60. The number of carbonyl (C=O) groups is 1. The normalized spacial score (nSPS) is 39.5. The minimum atomic E-state index is -1.96. The molecule has 2 saturated heterocycles. The van der Waals surface area contributed by atoms with Crippen molar-refractivity contribution in [3.63, 3.8) is 0 Å². The van der Waals surface area contributed by atoms with Crippen molar-refractivity contribution in [2.24, 2.45) is 16.7 Å². The van der Waals surface area contributed by atoms with Crippen molar-refractivity contribution in [3.05, 3.63) is 0 Å². The molecule has 2 heterocycles. The fourth-order valence-corrected chi connectivity index (χ4v) is 13.6. The summed E-state index contributed by atoms with van der Waals surface area (Å²) in [4.78, 5) is 13.6. The zero-order valence-electron chi connectivity index (χ0n) is 21.0. The van der Waals surface area contributed by atoms with Gasteiger partial charge in [-0.25, -0.2) is 0 Å². The average molecular weight is 453 g/mol. The molecule has 1 spiro atoms. The first kappa shape index (κ1) is 23.9. The Labute approximate surface area is 190 Å². The van der Waals surface area contributed by atoms with Crippen LogP contribution in [-0.2, 0) is 23.4 Å². The third kappa shape index (κ3) is 3.18. The van der Waals surface area contributed by atoms with Crippen LogP contribution in [0.4, 0.5) is 0 Å². The SMILES string of the molecule is CC(C)[Si](OCC[C@]1(C)C(=O)[C@H]2O[C@H]2[C@@]2(C)[C@H]1CCCC21OCCO1)(C(C)C)C(C)C. The Hall–Kier alpha value is -0.273. The molecular weight excluding hydrogens is 408 g/mol. The van der Waals surface area contributed by atoms with Crippen LogP contribution in [0, 0.1) is 16.7 Å². The largest absolute Gasteiger partial charge is 0.416 e. The topological polar surface area (TPSA) is 57.3 Å². The van der Waals surface area contributed by atoms with E-state index in [2.05, 4.69) is 55.4 Å². The highest BCUT2D eigenvalue weighted by atomic mass is 28.4. The van der Waals surface area contributed by atoms with Gasteiger partial charge in [0.2, 0.25) is 0 Å². The van der Waals surface area contributed by atoms with E-state index in [0.29, 0.717) is 36.4 Å². The maximum Gasteiger partial charge on any atom is 0.200 e. The van der Waals surface area contributed by atoms with Crippen molar-refractivity contribution in [3.8, 4) is 0 Å². The molecule has 5 atom stereocenters. The Kier molecular flexibility index (Phi) is 6.08. The Morgan fingerprint density at radius 3 is 2.16 bits per heavy atom. The van der Waals surface area contributed by atoms with Gasteiger partial charge in [-0.05, 0) is 41.8 Å². The van der Waals surface area contributed by atoms with Gasteiger partial charge >= 0.3 is 0 Å². The second-order valence-electron chi connectivity index (χ2n) is 11.9. The van der Waals surface area contributed by atoms with E-state index in [-0.39, 0.29) is 29.3 Å². The molecule has 178 valence electrons. The number of rotatable bonds is 7. The van der Waals surface area contributed by atoms with E-state index in [9.17, 15) is 4.79 Å². The van der Waals surface area contributed by atoms with Gasteiger partial charge < -0.3 is 18.6 Å². The summed E-state index contributed by atoms with van der Waals surface area (Å²) < 4.78 is 25.5. The van der Waals surface area contributed by atoms with E-state index in [1.54, 1.807) is 0 Å². The highest BCUT2D eigenvalue weighted by Gasteiger charge is 2.77. The molecule has 4 aliphatic rings. The van der Waals surface area contributed by atoms with Gasteiger partial charge in [0.05, 0.1) is 18.6 Å². The minimum Gasteiger partial charge on any atom is -0.416 e. The van der Waals surface area contributed by atoms with Gasteiger partial charge in [0.1, 0.15) is 12.2 Å². The summed E-state index contributed by atoms with van der Waals surface area (Å²) in [5.41, 5.74) is 0.892. The predicted octanol–water partition coefficient (Wildman–Crippen LogP) is 5.47. The highest BCUT2D eigenvalue weighted by molar-refractivity contribution is 6.77. The zero-order valence-corrected chi connectivity index (χ0v) is 22.0. The number of fused-ring (bicyclic) bond motifs is 4. The molecule has 0 bridgehead atoms. The summed E-state index contributed by atoms with van der Waals surface area (Å²) in [6.07, 6.45) is 3.36. The molecule has 6 heteroatoms. The van der Waals surface area contributed by atoms with Crippen molar-refractivity contribution < 1.29 is 23.4 Å². The van der Waals surface area contributed by atoms with Crippen LogP contribution in [0.15, 0.2) is 0 Å². The van der Waals surface area contributed by atoms with Gasteiger partial charge in [-0.1, -0.05) is 55.4 Å². The van der Waals surface area contributed by atoms with Crippen LogP contribution in [-0.4, -0.2) is 51.9 Å². The van der Waals surface area contributed by atoms with Crippen LogP contribution in [0.1, 0.15) is 81.1 Å². The summed E-state index contributed by atoms with van der Waals surface area (Å²) in [6.45, 7) is 20.3. The first-order valence-corrected chi connectivity index (χ1v) is 14.7. The molecule has 0 unspecified atom stereocenters. The lowest BCUT2D eigenvalue weighted by atomic mass is 9.48. The van der Waals surface area contributed by atoms with Crippen LogP contribution in [0.2, 0.25) is 16.6 Å². The molecule has 4 fully saturated rings. The van der Waals surface area contributed by atoms with Gasteiger partial charge in [0.15, 0.2) is 19.9 Å². The molecule has 4 rings (SSSR count). The van der Waals surface area contributed by atoms with Crippen molar-refractivity contribution in [1.29, 1.82) is 0 Å². The van der Waals surface area contributed by atoms with E-state index in [1.807, 2.05) is 0 Å². The lowest BCUT2D eigenvalue weighted by Gasteiger charge is -2.58. The number of epoxide rings is 1. The highest BCUT2D eigenvalue weighted by Crippen LogP contribution is 2.68. The van der Waals surface area contributed by atoms with E-state index in [4.69, 9.17) is 18.6 Å². The summed E-state index contributed by atoms with van der Waals surface area (Å²) in [5.74, 6) is -0.116. The summed E-state index contributed by atoms with van der Waals surface area (Å²) >= 11 is 0. The molecule has 2 aliphatic heterocycles. The van der Waals surface area contributed by atoms with Gasteiger partial charge in [0.25, 0.3) is 0 Å². The van der Waals surface area contributed by atoms with Crippen molar-refractivity contribution in [2.45, 2.75) is 116 Å². The van der Waals surface area contributed by atoms with Gasteiger partial charge in [-0.15, -0.1) is 0 Å². The third-order valence-electron chi connectivity index (χ3n) is 9.65. The summed E-state index contributed by atoms with van der Waals surface area (Å²) in [5, 5.41) is 0. The molecular formula is C25H44O5Si. The lowest BCUT2D eigenvalue weighted by molar-refractivity contribution is -0.287. The number of ketones is 1. The molecule has 2 saturated carbocycles. The molecule has 0 aromatic heterocycles. The number of ether oxygens (including phenoxy) is 3. The van der Waals surface area contributed by atoms with Gasteiger partial charge in [0, 0.05) is 18.4 Å². The average Bonchev–Trinajstić information content (AvgIpc) is 3.37. The molecule has 2 aliphatic carbocycles. The monoisotopic (exact) mass is 452 g/mol. The molecule has 31 heavy (non-hydrogen) atoms. The maximum atomic E-state index is 13.6. The molecule has 0 aromatic carbocycles. The Bertz CT molecular complexity index is 678. The summed E-state index contributed by atoms with van der Waals surface area (Å²) in [6, 6.07) is 0. The first-order chi connectivity index (χ1) is 14.5. The fraction of sp³-hybridized carbons (Fsp3) is 0.960. The van der Waals surface area contributed by atoms with Crippen LogP contribution in [0.25, 0.3) is 0 Å². The van der Waals surface area contributed by atoms with E-state index < -0.39 is 19.5 Å². The number of carbonyl (C=O) groups excluding carboxylic acids is 1. The van der Waals surface area contributed by atoms with E-state index in [1.165, 1.54) is 0 Å². The van der Waals surface area contributed by atoms with Crippen molar-refractivity contribution in [2.75, 3.05) is 19.8 Å². The minimum absolute atomic E-state index is 0.0622. The van der Waals surface area contributed by atoms with E-state index in [0.717, 1.165) is 25.7 Å². The molecule has 0 amide bonds. The third-order valence-corrected chi connectivity index (χ3v) is 15.8. The summed E-state index contributed by atoms with van der Waals surface area (Å²) in [7, 11) is -1.96. The second kappa shape index (κ2) is 7.90. The maximum absolute atomic E-state index is 13.6. The standard InChI is InChI=1S/C25H44O5Si/c1-16(2)31(17(3)4,18(5)6)29-13-12-23(7)19-10-9-11-25(27-14-15-28-25)24(19,8)22-20(30-22)21(23)26/h16-20,22H,9-15H2,1-8H3/t19-,20+,22+,23-,24+/m0/s1. The van der Waals surface area contributed by atoms with Crippen LogP contribution in [0.3, 0.4) is 0 Å². The molecule has 0 radical (unpaired) electrons. The van der Waals surface area contributed by atoms with Crippen LogP contribution >= 0.6 is 0 Å². The van der Waals surface area contributed by atoms with Crippen molar-refractivity contribution >= 4 is 14.1 Å². The van der Waals surface area contributed by atoms with E-state index >= 15 is 0 Å². The number of Topliss-reactive ketones (excluding diaryl/α,β-unsaturated/α-hetero) is 1. The molecule has 0 aromatic rings.